The van der Waals surface area contributed by atoms with E-state index in [0.29, 0.717) is 25.0 Å². The molecular weight excluding hydrogens is 200 g/mol. The molecule has 0 saturated carbocycles. The first-order valence-corrected chi connectivity index (χ1v) is 5.05. The van der Waals surface area contributed by atoms with Gasteiger partial charge in [0.15, 0.2) is 0 Å². The molecule has 0 bridgehead atoms. The molecule has 2 aliphatic rings. The third-order valence-corrected chi connectivity index (χ3v) is 1.81. The fourth-order valence-corrected chi connectivity index (χ4v) is 0.796. The van der Waals surface area contributed by atoms with Crippen LogP contribution in [0, 0.1) is 0 Å². The lowest BCUT2D eigenvalue weighted by molar-refractivity contribution is -0.112. The first-order chi connectivity index (χ1) is 7.36. The van der Waals surface area contributed by atoms with Crippen molar-refractivity contribution in [2.24, 2.45) is 0 Å². The zero-order valence-electron chi connectivity index (χ0n) is 8.59. The summed E-state index contributed by atoms with van der Waals surface area (Å²) in [5.74, 6) is 0. The second-order valence-electron chi connectivity index (χ2n) is 3.36. The fourth-order valence-electron chi connectivity index (χ4n) is 0.796. The Morgan fingerprint density at radius 3 is 1.67 bits per heavy atom. The van der Waals surface area contributed by atoms with Crippen molar-refractivity contribution < 1.29 is 23.8 Å². The molecule has 2 saturated heterocycles. The van der Waals surface area contributed by atoms with E-state index in [4.69, 9.17) is 14.2 Å². The molecule has 2 atom stereocenters. The van der Waals surface area contributed by atoms with Crippen molar-refractivity contribution in [3.05, 3.63) is 0 Å². The van der Waals surface area contributed by atoms with Crippen LogP contribution in [0.1, 0.15) is 12.8 Å². The summed E-state index contributed by atoms with van der Waals surface area (Å²) >= 11 is 0. The summed E-state index contributed by atoms with van der Waals surface area (Å²) in [5, 5.41) is 0. The predicted octanol–water partition coefficient (Wildman–Crippen LogP) is -0.0350. The Hall–Kier alpha value is -0.780. The lowest BCUT2D eigenvalue weighted by Crippen LogP contribution is -2.06. The highest BCUT2D eigenvalue weighted by molar-refractivity contribution is 5.58. The number of hydrogen-bond acceptors (Lipinski definition) is 5. The van der Waals surface area contributed by atoms with Gasteiger partial charge in [0.25, 0.3) is 0 Å². The fraction of sp³-hybridized carbons (Fsp3) is 0.800. The van der Waals surface area contributed by atoms with Gasteiger partial charge in [0.1, 0.15) is 24.8 Å². The van der Waals surface area contributed by atoms with Gasteiger partial charge < -0.3 is 23.8 Å². The molecule has 0 amide bonds. The molecule has 0 aromatic carbocycles. The third-order valence-electron chi connectivity index (χ3n) is 1.81. The summed E-state index contributed by atoms with van der Waals surface area (Å²) in [7, 11) is 0. The third kappa shape index (κ3) is 8.23. The molecule has 0 aromatic heterocycles. The van der Waals surface area contributed by atoms with E-state index in [-0.39, 0.29) is 0 Å². The monoisotopic (exact) mass is 216 g/mol. The van der Waals surface area contributed by atoms with Crippen LogP contribution < -0.4 is 0 Å². The minimum absolute atomic E-state index is 0.365. The maximum Gasteiger partial charge on any atom is 0.120 e. The Kier molecular flexibility index (Phi) is 6.15. The Labute approximate surface area is 88.7 Å². The number of rotatable bonds is 7. The normalized spacial score (nSPS) is 26.1. The van der Waals surface area contributed by atoms with Crippen LogP contribution in [0.15, 0.2) is 0 Å². The number of aldehydes is 2. The maximum absolute atomic E-state index is 9.40. The van der Waals surface area contributed by atoms with E-state index in [2.05, 4.69) is 0 Å². The molecule has 5 nitrogen and oxygen atoms in total. The molecule has 2 aliphatic heterocycles. The summed E-state index contributed by atoms with van der Waals surface area (Å²) in [6.07, 6.45) is 2.97. The van der Waals surface area contributed by atoms with Crippen LogP contribution in [0.25, 0.3) is 0 Å². The van der Waals surface area contributed by atoms with E-state index >= 15 is 0 Å². The van der Waals surface area contributed by atoms with Gasteiger partial charge in [-0.2, -0.15) is 0 Å². The Morgan fingerprint density at radius 2 is 1.40 bits per heavy atom. The van der Waals surface area contributed by atoms with Crippen molar-refractivity contribution >= 4 is 12.6 Å². The minimum atomic E-state index is 0.365. The number of carbonyl (C=O) groups is 2. The van der Waals surface area contributed by atoms with Crippen LogP contribution in [-0.2, 0) is 23.8 Å². The largest absolute Gasteiger partial charge is 0.376 e. The van der Waals surface area contributed by atoms with Gasteiger partial charge in [-0.1, -0.05) is 0 Å². The zero-order chi connectivity index (χ0) is 10.9. The van der Waals surface area contributed by atoms with Gasteiger partial charge in [-0.05, 0) is 0 Å². The van der Waals surface area contributed by atoms with Crippen LogP contribution in [0.4, 0.5) is 0 Å². The van der Waals surface area contributed by atoms with Crippen LogP contribution in [0.3, 0.4) is 0 Å². The molecule has 0 spiro atoms. The standard InChI is InChI=1S/C6H10O3.C4H6O2/c1(5-3-8-5)7-2-6-4-9-6;5-3-1-2-4-6/h5-6H,1-4H2;3-4H,1-2H2. The molecule has 2 unspecified atom stereocenters. The van der Waals surface area contributed by atoms with Crippen LogP contribution >= 0.6 is 0 Å². The van der Waals surface area contributed by atoms with Crippen molar-refractivity contribution in [3.8, 4) is 0 Å². The summed E-state index contributed by atoms with van der Waals surface area (Å²) in [6.45, 7) is 3.26. The van der Waals surface area contributed by atoms with E-state index in [0.717, 1.165) is 39.0 Å². The van der Waals surface area contributed by atoms with Gasteiger partial charge in [-0.15, -0.1) is 0 Å². The van der Waals surface area contributed by atoms with Crippen molar-refractivity contribution in [2.45, 2.75) is 25.0 Å². The van der Waals surface area contributed by atoms with Crippen molar-refractivity contribution in [2.75, 3.05) is 26.4 Å². The van der Waals surface area contributed by atoms with Gasteiger partial charge in [-0.3, -0.25) is 0 Å². The van der Waals surface area contributed by atoms with Crippen molar-refractivity contribution in [1.29, 1.82) is 0 Å². The van der Waals surface area contributed by atoms with E-state index in [1.165, 1.54) is 0 Å². The number of hydrogen-bond donors (Lipinski definition) is 0. The van der Waals surface area contributed by atoms with E-state index in [1.807, 2.05) is 0 Å². The molecule has 2 heterocycles. The van der Waals surface area contributed by atoms with Gasteiger partial charge in [0.2, 0.25) is 0 Å². The molecule has 0 aliphatic carbocycles. The quantitative estimate of drug-likeness (QED) is 0.339. The number of unbranched alkanes of at least 4 members (excludes halogenated alkanes) is 1. The zero-order valence-corrected chi connectivity index (χ0v) is 8.59. The SMILES string of the molecule is C(OCC1CO1)C1CO1.O=CCCC=O. The highest BCUT2D eigenvalue weighted by Crippen LogP contribution is 2.12. The maximum atomic E-state index is 9.40. The number of epoxide rings is 2. The molecule has 0 radical (unpaired) electrons. The van der Waals surface area contributed by atoms with Gasteiger partial charge in [0.05, 0.1) is 26.4 Å². The topological polar surface area (TPSA) is 68.4 Å². The molecule has 2 rings (SSSR count). The smallest absolute Gasteiger partial charge is 0.120 e. The highest BCUT2D eigenvalue weighted by Gasteiger charge is 2.26. The molecule has 0 aromatic rings. The van der Waals surface area contributed by atoms with Gasteiger partial charge in [0, 0.05) is 12.8 Å². The van der Waals surface area contributed by atoms with Crippen LogP contribution in [0.5, 0.6) is 0 Å². The van der Waals surface area contributed by atoms with Crippen LogP contribution in [0.2, 0.25) is 0 Å². The predicted molar refractivity (Wildman–Crippen MR) is 51.7 cm³/mol. The molecule has 5 heteroatoms. The summed E-state index contributed by atoms with van der Waals surface area (Å²) in [4.78, 5) is 18.8. The first kappa shape index (κ1) is 12.3. The molecular formula is C10H16O5. The number of ether oxygens (including phenoxy) is 3. The van der Waals surface area contributed by atoms with Crippen molar-refractivity contribution in [3.63, 3.8) is 0 Å². The highest BCUT2D eigenvalue weighted by atomic mass is 16.6. The summed E-state index contributed by atoms with van der Waals surface area (Å²) in [6, 6.07) is 0. The Morgan fingerprint density at radius 1 is 1.00 bits per heavy atom. The van der Waals surface area contributed by atoms with Gasteiger partial charge in [-0.25, -0.2) is 0 Å². The van der Waals surface area contributed by atoms with Gasteiger partial charge >= 0.3 is 0 Å². The summed E-state index contributed by atoms with van der Waals surface area (Å²) < 4.78 is 15.1. The molecule has 0 N–H and O–H groups in total. The Balaban J connectivity index is 0.000000167. The lowest BCUT2D eigenvalue weighted by Gasteiger charge is -1.95. The van der Waals surface area contributed by atoms with Crippen LogP contribution in [-0.4, -0.2) is 51.2 Å². The molecule has 2 fully saturated rings. The molecule has 86 valence electrons. The molecule has 15 heavy (non-hydrogen) atoms. The van der Waals surface area contributed by atoms with E-state index < -0.39 is 0 Å². The second-order valence-corrected chi connectivity index (χ2v) is 3.36. The van der Waals surface area contributed by atoms with E-state index in [1.54, 1.807) is 0 Å². The average Bonchev–Trinajstić information content (AvgIpc) is 3.08. The minimum Gasteiger partial charge on any atom is -0.376 e. The van der Waals surface area contributed by atoms with E-state index in [9.17, 15) is 9.59 Å². The number of carbonyl (C=O) groups excluding carboxylic acids is 2. The lowest BCUT2D eigenvalue weighted by atomic mass is 10.4. The van der Waals surface area contributed by atoms with Crippen molar-refractivity contribution in [1.82, 2.24) is 0 Å². The Bertz CT molecular complexity index is 166. The summed E-state index contributed by atoms with van der Waals surface area (Å²) in [5.41, 5.74) is 0. The first-order valence-electron chi connectivity index (χ1n) is 5.05. The second kappa shape index (κ2) is 7.50. The average molecular weight is 216 g/mol.